The highest BCUT2D eigenvalue weighted by Gasteiger charge is 2.23. The highest BCUT2D eigenvalue weighted by molar-refractivity contribution is 7.80. The summed E-state index contributed by atoms with van der Waals surface area (Å²) < 4.78 is 0. The minimum absolute atomic E-state index is 0.0156. The Labute approximate surface area is 176 Å². The molecule has 1 aliphatic heterocycles. The lowest BCUT2D eigenvalue weighted by molar-refractivity contribution is -0.115. The minimum Gasteiger partial charge on any atom is -0.339 e. The highest BCUT2D eigenvalue weighted by Crippen LogP contribution is 2.22. The molecule has 2 aromatic carbocycles. The van der Waals surface area contributed by atoms with E-state index in [1.54, 1.807) is 18.2 Å². The van der Waals surface area contributed by atoms with E-state index in [9.17, 15) is 9.59 Å². The average molecular weight is 408 g/mol. The monoisotopic (exact) mass is 407 g/mol. The molecule has 0 unspecified atom stereocenters. The molecule has 29 heavy (non-hydrogen) atoms. The SMILES string of the molecule is CC1CCN(C(=O)c2ccccc2NC(=S)NC(=O)C=Cc2ccccc2)CC1. The topological polar surface area (TPSA) is 61.4 Å². The molecule has 0 atom stereocenters. The number of piperidine rings is 1. The minimum atomic E-state index is -0.333. The second-order valence-corrected chi connectivity index (χ2v) is 7.62. The van der Waals surface area contributed by atoms with Gasteiger partial charge in [-0.2, -0.15) is 0 Å². The van der Waals surface area contributed by atoms with Gasteiger partial charge in [0.2, 0.25) is 5.91 Å². The van der Waals surface area contributed by atoms with E-state index in [2.05, 4.69) is 17.6 Å². The quantitative estimate of drug-likeness (QED) is 0.592. The van der Waals surface area contributed by atoms with Crippen LogP contribution >= 0.6 is 12.2 Å². The molecule has 2 aromatic rings. The number of hydrogen-bond acceptors (Lipinski definition) is 3. The van der Waals surface area contributed by atoms with E-state index in [0.717, 1.165) is 31.5 Å². The molecule has 1 saturated heterocycles. The van der Waals surface area contributed by atoms with Gasteiger partial charge in [-0.05, 0) is 54.7 Å². The zero-order valence-corrected chi connectivity index (χ0v) is 17.2. The Bertz CT molecular complexity index is 903. The van der Waals surface area contributed by atoms with Gasteiger partial charge >= 0.3 is 0 Å². The second-order valence-electron chi connectivity index (χ2n) is 7.21. The van der Waals surface area contributed by atoms with Crippen LogP contribution < -0.4 is 10.6 Å². The van der Waals surface area contributed by atoms with Crippen molar-refractivity contribution < 1.29 is 9.59 Å². The van der Waals surface area contributed by atoms with Crippen molar-refractivity contribution in [2.45, 2.75) is 19.8 Å². The summed E-state index contributed by atoms with van der Waals surface area (Å²) in [7, 11) is 0. The van der Waals surface area contributed by atoms with Crippen LogP contribution in [0.1, 0.15) is 35.7 Å². The Hall–Kier alpha value is -2.99. The van der Waals surface area contributed by atoms with Crippen molar-refractivity contribution in [3.05, 3.63) is 71.8 Å². The van der Waals surface area contributed by atoms with Gasteiger partial charge in [0.1, 0.15) is 0 Å². The van der Waals surface area contributed by atoms with E-state index in [-0.39, 0.29) is 16.9 Å². The van der Waals surface area contributed by atoms with Gasteiger partial charge in [-0.1, -0.05) is 49.4 Å². The van der Waals surface area contributed by atoms with E-state index in [1.165, 1.54) is 6.08 Å². The number of benzene rings is 2. The van der Waals surface area contributed by atoms with Gasteiger partial charge in [0, 0.05) is 19.2 Å². The molecule has 0 aliphatic carbocycles. The maximum absolute atomic E-state index is 12.9. The van der Waals surface area contributed by atoms with E-state index >= 15 is 0 Å². The third-order valence-corrected chi connectivity index (χ3v) is 5.14. The number of carbonyl (C=O) groups is 2. The second kappa shape index (κ2) is 9.98. The van der Waals surface area contributed by atoms with Crippen LogP contribution in [0.25, 0.3) is 6.08 Å². The standard InChI is InChI=1S/C23H25N3O2S/c1-17-13-15-26(16-14-17)22(28)19-9-5-6-10-20(19)24-23(29)25-21(27)12-11-18-7-3-2-4-8-18/h2-12,17H,13-16H2,1H3,(H2,24,25,27,29). The molecule has 0 aromatic heterocycles. The van der Waals surface area contributed by atoms with E-state index in [1.807, 2.05) is 47.4 Å². The third-order valence-electron chi connectivity index (χ3n) is 4.94. The van der Waals surface area contributed by atoms with Crippen LogP contribution in [0.15, 0.2) is 60.7 Å². The first-order chi connectivity index (χ1) is 14.0. The van der Waals surface area contributed by atoms with Gasteiger partial charge in [0.05, 0.1) is 11.3 Å². The van der Waals surface area contributed by atoms with Gasteiger partial charge in [-0.25, -0.2) is 0 Å². The molecule has 1 fully saturated rings. The molecule has 6 heteroatoms. The summed E-state index contributed by atoms with van der Waals surface area (Å²) >= 11 is 5.26. The van der Waals surface area contributed by atoms with Crippen molar-refractivity contribution in [1.29, 1.82) is 0 Å². The zero-order valence-electron chi connectivity index (χ0n) is 16.4. The first-order valence-corrected chi connectivity index (χ1v) is 10.2. The van der Waals surface area contributed by atoms with Crippen LogP contribution in [0.2, 0.25) is 0 Å². The number of thiocarbonyl (C=S) groups is 1. The summed E-state index contributed by atoms with van der Waals surface area (Å²) in [6.07, 6.45) is 5.18. The Kier molecular flexibility index (Phi) is 7.14. The lowest BCUT2D eigenvalue weighted by Gasteiger charge is -2.30. The van der Waals surface area contributed by atoms with Crippen molar-refractivity contribution in [1.82, 2.24) is 10.2 Å². The molecular formula is C23H25N3O2S. The molecule has 0 radical (unpaired) electrons. The molecule has 5 nitrogen and oxygen atoms in total. The molecule has 3 rings (SSSR count). The Balaban J connectivity index is 1.61. The predicted octanol–water partition coefficient (Wildman–Crippen LogP) is 4.09. The normalized spacial score (nSPS) is 14.6. The van der Waals surface area contributed by atoms with Gasteiger partial charge in [0.15, 0.2) is 5.11 Å². The van der Waals surface area contributed by atoms with Crippen molar-refractivity contribution in [2.75, 3.05) is 18.4 Å². The van der Waals surface area contributed by atoms with Crippen LogP contribution in [0.4, 0.5) is 5.69 Å². The number of rotatable bonds is 4. The van der Waals surface area contributed by atoms with Crippen molar-refractivity contribution in [2.24, 2.45) is 5.92 Å². The third kappa shape index (κ3) is 5.99. The summed E-state index contributed by atoms with van der Waals surface area (Å²) in [5, 5.41) is 5.76. The number of para-hydroxylation sites is 1. The number of amides is 2. The summed E-state index contributed by atoms with van der Waals surface area (Å²) in [5.74, 6) is 0.303. The number of nitrogens with zero attached hydrogens (tertiary/aromatic N) is 1. The van der Waals surface area contributed by atoms with E-state index in [0.29, 0.717) is 17.2 Å². The molecule has 2 N–H and O–H groups in total. The van der Waals surface area contributed by atoms with Crippen LogP contribution in [-0.2, 0) is 4.79 Å². The van der Waals surface area contributed by atoms with Gasteiger partial charge < -0.3 is 10.2 Å². The lowest BCUT2D eigenvalue weighted by Crippen LogP contribution is -2.39. The first kappa shape index (κ1) is 20.7. The predicted molar refractivity (Wildman–Crippen MR) is 121 cm³/mol. The van der Waals surface area contributed by atoms with Gasteiger partial charge in [-0.15, -0.1) is 0 Å². The number of likely N-dealkylation sites (tertiary alicyclic amines) is 1. The fraction of sp³-hybridized carbons (Fsp3) is 0.261. The molecule has 0 saturated carbocycles. The zero-order chi connectivity index (χ0) is 20.6. The molecular weight excluding hydrogens is 382 g/mol. The van der Waals surface area contributed by atoms with Gasteiger partial charge in [0.25, 0.3) is 5.91 Å². The summed E-state index contributed by atoms with van der Waals surface area (Å²) in [6.45, 7) is 3.74. The summed E-state index contributed by atoms with van der Waals surface area (Å²) in [5.41, 5.74) is 2.07. The summed E-state index contributed by atoms with van der Waals surface area (Å²) in [4.78, 5) is 26.9. The fourth-order valence-electron chi connectivity index (χ4n) is 3.20. The van der Waals surface area contributed by atoms with E-state index in [4.69, 9.17) is 12.2 Å². The number of hydrogen-bond donors (Lipinski definition) is 2. The summed E-state index contributed by atoms with van der Waals surface area (Å²) in [6, 6.07) is 16.8. The molecule has 0 spiro atoms. The van der Waals surface area contributed by atoms with Crippen molar-refractivity contribution in [3.63, 3.8) is 0 Å². The van der Waals surface area contributed by atoms with E-state index < -0.39 is 0 Å². The largest absolute Gasteiger partial charge is 0.339 e. The lowest BCUT2D eigenvalue weighted by atomic mass is 9.98. The highest BCUT2D eigenvalue weighted by atomic mass is 32.1. The average Bonchev–Trinajstić information content (AvgIpc) is 2.73. The number of anilines is 1. The maximum Gasteiger partial charge on any atom is 0.255 e. The Morgan fingerprint density at radius 2 is 1.69 bits per heavy atom. The molecule has 0 bridgehead atoms. The maximum atomic E-state index is 12.9. The van der Waals surface area contributed by atoms with Crippen molar-refractivity contribution in [3.8, 4) is 0 Å². The first-order valence-electron chi connectivity index (χ1n) is 9.76. The molecule has 150 valence electrons. The Morgan fingerprint density at radius 3 is 2.41 bits per heavy atom. The molecule has 1 heterocycles. The number of carbonyl (C=O) groups excluding carboxylic acids is 2. The van der Waals surface area contributed by atoms with Gasteiger partial charge in [-0.3, -0.25) is 14.9 Å². The van der Waals surface area contributed by atoms with Crippen LogP contribution in [0.5, 0.6) is 0 Å². The molecule has 2 amide bonds. The van der Waals surface area contributed by atoms with Crippen LogP contribution in [-0.4, -0.2) is 34.9 Å². The fourth-order valence-corrected chi connectivity index (χ4v) is 3.41. The Morgan fingerprint density at radius 1 is 1.03 bits per heavy atom. The number of nitrogens with one attached hydrogen (secondary N) is 2. The smallest absolute Gasteiger partial charge is 0.255 e. The van der Waals surface area contributed by atoms with Crippen molar-refractivity contribution >= 4 is 40.9 Å². The van der Waals surface area contributed by atoms with Crippen LogP contribution in [0.3, 0.4) is 0 Å². The molecule has 1 aliphatic rings. The van der Waals surface area contributed by atoms with Crippen LogP contribution in [0, 0.1) is 5.92 Å².